The van der Waals surface area contributed by atoms with E-state index in [-0.39, 0.29) is 18.1 Å². The van der Waals surface area contributed by atoms with E-state index < -0.39 is 17.8 Å². The monoisotopic (exact) mass is 767 g/mol. The molecule has 0 aliphatic carbocycles. The lowest BCUT2D eigenvalue weighted by Crippen LogP contribution is -2.29. The average molecular weight is 768 g/mol. The summed E-state index contributed by atoms with van der Waals surface area (Å²) in [5, 5.41) is 16.2. The zero-order valence-corrected chi connectivity index (χ0v) is 34.8. The Morgan fingerprint density at radius 2 is 1.39 bits per heavy atom. The van der Waals surface area contributed by atoms with Crippen molar-refractivity contribution in [2.24, 2.45) is 5.92 Å². The molecule has 4 rings (SSSR count). The number of hydrogen-bond donors (Lipinski definition) is 2. The fourth-order valence-corrected chi connectivity index (χ4v) is 6.74. The second-order valence-corrected chi connectivity index (χ2v) is 15.3. The number of carbonyl (C=O) groups is 1. The zero-order chi connectivity index (χ0) is 40.8. The van der Waals surface area contributed by atoms with E-state index >= 15 is 0 Å². The van der Waals surface area contributed by atoms with Crippen molar-refractivity contribution in [3.8, 4) is 17.2 Å². The molecule has 0 heterocycles. The average Bonchev–Trinajstić information content (AvgIpc) is 3.16. The molecular formula is C47H61NO8. The van der Waals surface area contributed by atoms with Gasteiger partial charge in [0.2, 0.25) is 0 Å². The fourth-order valence-electron chi connectivity index (χ4n) is 6.74. The van der Waals surface area contributed by atoms with Gasteiger partial charge in [-0.3, -0.25) is 5.32 Å². The Hall–Kier alpha value is -4.83. The molecule has 4 aromatic rings. The number of benzene rings is 4. The van der Waals surface area contributed by atoms with Crippen LogP contribution in [-0.2, 0) is 27.4 Å². The second-order valence-electron chi connectivity index (χ2n) is 15.3. The predicted molar refractivity (Wildman–Crippen MR) is 225 cm³/mol. The Morgan fingerprint density at radius 3 is 1.91 bits per heavy atom. The number of anilines is 1. The molecule has 0 spiro atoms. The lowest BCUT2D eigenvalue weighted by Gasteiger charge is -2.25. The third kappa shape index (κ3) is 12.3. The second kappa shape index (κ2) is 20.9. The number of ether oxygens (including phenoxy) is 6. The number of aryl methyl sites for hydroxylation is 1. The van der Waals surface area contributed by atoms with E-state index in [1.165, 1.54) is 0 Å². The summed E-state index contributed by atoms with van der Waals surface area (Å²) in [5.41, 5.74) is 4.41. The minimum Gasteiger partial charge on any atom is -0.496 e. The van der Waals surface area contributed by atoms with Gasteiger partial charge in [-0.05, 0) is 89.5 Å². The Labute approximate surface area is 333 Å². The molecule has 9 heteroatoms. The summed E-state index contributed by atoms with van der Waals surface area (Å²) in [6.45, 7) is 14.5. The van der Waals surface area contributed by atoms with Crippen LogP contribution in [0.25, 0.3) is 10.8 Å². The Morgan fingerprint density at radius 1 is 0.804 bits per heavy atom. The van der Waals surface area contributed by atoms with Crippen LogP contribution in [0.5, 0.6) is 17.2 Å². The van der Waals surface area contributed by atoms with Crippen molar-refractivity contribution in [1.29, 1.82) is 0 Å². The lowest BCUT2D eigenvalue weighted by molar-refractivity contribution is -0.0426. The number of allylic oxidation sites excluding steroid dienone is 2. The molecule has 0 fully saturated rings. The minimum atomic E-state index is -0.907. The van der Waals surface area contributed by atoms with Crippen LogP contribution >= 0.6 is 0 Å². The van der Waals surface area contributed by atoms with E-state index in [9.17, 15) is 9.90 Å². The number of aliphatic hydroxyl groups excluding tert-OH is 1. The molecule has 0 radical (unpaired) electrons. The molecule has 1 unspecified atom stereocenters. The summed E-state index contributed by atoms with van der Waals surface area (Å²) in [6.07, 6.45) is 6.23. The maximum absolute atomic E-state index is 12.8. The molecule has 4 aromatic carbocycles. The Kier molecular flexibility index (Phi) is 16.4. The van der Waals surface area contributed by atoms with Crippen molar-refractivity contribution in [2.75, 3.05) is 26.6 Å². The van der Waals surface area contributed by atoms with E-state index in [0.717, 1.165) is 28.7 Å². The van der Waals surface area contributed by atoms with Crippen molar-refractivity contribution in [1.82, 2.24) is 0 Å². The molecule has 9 nitrogen and oxygen atoms in total. The summed E-state index contributed by atoms with van der Waals surface area (Å²) in [7, 11) is 4.70. The van der Waals surface area contributed by atoms with Crippen molar-refractivity contribution < 1.29 is 38.3 Å². The molecule has 0 saturated heterocycles. The highest BCUT2D eigenvalue weighted by Gasteiger charge is 2.28. The Balaban J connectivity index is 1.64. The van der Waals surface area contributed by atoms with Gasteiger partial charge in [-0.1, -0.05) is 91.4 Å². The summed E-state index contributed by atoms with van der Waals surface area (Å²) in [6, 6.07) is 23.9. The van der Waals surface area contributed by atoms with Crippen molar-refractivity contribution in [2.45, 2.75) is 105 Å². The molecule has 2 N–H and O–H groups in total. The van der Waals surface area contributed by atoms with Gasteiger partial charge in [0, 0.05) is 22.4 Å². The number of hydrogen-bond acceptors (Lipinski definition) is 8. The first-order chi connectivity index (χ1) is 26.8. The fraction of sp³-hybridized carbons (Fsp3) is 0.426. The number of nitrogens with one attached hydrogen (secondary N) is 1. The smallest absolute Gasteiger partial charge is 0.412 e. The van der Waals surface area contributed by atoms with Crippen LogP contribution in [0, 0.1) is 12.8 Å². The predicted octanol–water partition coefficient (Wildman–Crippen LogP) is 11.1. The summed E-state index contributed by atoms with van der Waals surface area (Å²) in [5.74, 6) is 1.57. The summed E-state index contributed by atoms with van der Waals surface area (Å²) < 4.78 is 36.3. The first-order valence-electron chi connectivity index (χ1n) is 19.4. The molecular weight excluding hydrogens is 707 g/mol. The van der Waals surface area contributed by atoms with Crippen LogP contribution < -0.4 is 19.5 Å². The zero-order valence-electron chi connectivity index (χ0n) is 34.8. The van der Waals surface area contributed by atoms with Gasteiger partial charge in [0.05, 0.1) is 46.3 Å². The van der Waals surface area contributed by atoms with Crippen molar-refractivity contribution in [3.05, 3.63) is 119 Å². The van der Waals surface area contributed by atoms with Crippen LogP contribution in [0.1, 0.15) is 89.2 Å². The number of methoxy groups -OCH3 is 3. The SMILES string of the molecule is CC[C@@H](/C=C/[C@H](OCc1ccccc1)[C@H](C=C(C)C)OCc1ccccc1)CCC(O)c1c(OC)c(C)cc2c(OC)c(NC(=O)OC(C)(C)C)cc(OC)c12. The normalized spacial score (nSPS) is 13.8. The Bertz CT molecular complexity index is 1910. The number of amides is 1. The van der Waals surface area contributed by atoms with Crippen molar-refractivity contribution >= 4 is 22.6 Å². The molecule has 0 bridgehead atoms. The van der Waals surface area contributed by atoms with Gasteiger partial charge >= 0.3 is 6.09 Å². The summed E-state index contributed by atoms with van der Waals surface area (Å²) >= 11 is 0. The highest BCUT2D eigenvalue weighted by molar-refractivity contribution is 6.04. The topological polar surface area (TPSA) is 105 Å². The van der Waals surface area contributed by atoms with Gasteiger partial charge in [0.25, 0.3) is 0 Å². The molecule has 302 valence electrons. The lowest BCUT2D eigenvalue weighted by atomic mass is 9.89. The first-order valence-corrected chi connectivity index (χ1v) is 19.4. The van der Waals surface area contributed by atoms with Gasteiger partial charge in [-0.2, -0.15) is 0 Å². The van der Waals surface area contributed by atoms with E-state index in [1.807, 2.05) is 49.4 Å². The minimum absolute atomic E-state index is 0.136. The molecule has 56 heavy (non-hydrogen) atoms. The number of carbonyl (C=O) groups excluding carboxylic acids is 1. The highest BCUT2D eigenvalue weighted by Crippen LogP contribution is 2.48. The third-order valence-electron chi connectivity index (χ3n) is 9.41. The summed E-state index contributed by atoms with van der Waals surface area (Å²) in [4.78, 5) is 12.8. The van der Waals surface area contributed by atoms with Crippen molar-refractivity contribution in [3.63, 3.8) is 0 Å². The van der Waals surface area contributed by atoms with Gasteiger partial charge in [0.1, 0.15) is 29.3 Å². The highest BCUT2D eigenvalue weighted by atomic mass is 16.6. The van der Waals surface area contributed by atoms with Crippen LogP contribution in [0.3, 0.4) is 0 Å². The van der Waals surface area contributed by atoms with E-state index in [4.69, 9.17) is 28.4 Å². The number of aliphatic hydroxyl groups is 1. The van der Waals surface area contributed by atoms with Crippen LogP contribution in [0.15, 0.2) is 96.6 Å². The van der Waals surface area contributed by atoms with Gasteiger partial charge in [-0.15, -0.1) is 0 Å². The maximum Gasteiger partial charge on any atom is 0.412 e. The molecule has 1 amide bonds. The molecule has 0 aliphatic rings. The van der Waals surface area contributed by atoms with Gasteiger partial charge < -0.3 is 33.5 Å². The van der Waals surface area contributed by atoms with E-state index in [2.05, 4.69) is 68.6 Å². The van der Waals surface area contributed by atoms with Crippen LogP contribution in [-0.4, -0.2) is 50.3 Å². The largest absolute Gasteiger partial charge is 0.496 e. The molecule has 0 aliphatic heterocycles. The van der Waals surface area contributed by atoms with E-state index in [1.54, 1.807) is 48.2 Å². The maximum atomic E-state index is 12.8. The molecule has 0 saturated carbocycles. The van der Waals surface area contributed by atoms with Crippen LogP contribution in [0.2, 0.25) is 0 Å². The van der Waals surface area contributed by atoms with Gasteiger partial charge in [0.15, 0.2) is 5.75 Å². The first kappa shape index (κ1) is 43.9. The van der Waals surface area contributed by atoms with Gasteiger partial charge in [-0.25, -0.2) is 4.79 Å². The third-order valence-corrected chi connectivity index (χ3v) is 9.41. The standard InChI is InChI=1S/C47H61NO8/c1-11-33(23-25-39(54-29-34-18-14-12-15-19-34)40(26-31(2)3)55-30-35-20-16-13-17-21-35)22-24-38(49)43-42-36(27-32(4)44(43)52-9)45(53-10)37(28-41(42)51-8)48-46(50)56-47(5,6)7/h12-21,23,25-28,33,38-40,49H,11,22,24,29-30H2,1-10H3,(H,48,50)/b25-23+/t33-,38?,39+,40+/m1/s1. The van der Waals surface area contributed by atoms with E-state index in [0.29, 0.717) is 65.3 Å². The quantitative estimate of drug-likeness (QED) is 0.0909. The molecule has 4 atom stereocenters. The number of fused-ring (bicyclic) bond motifs is 1. The van der Waals surface area contributed by atoms with Crippen LogP contribution in [0.4, 0.5) is 10.5 Å². The number of rotatable bonds is 19. The molecule has 0 aromatic heterocycles.